The van der Waals surface area contributed by atoms with E-state index in [0.29, 0.717) is 0 Å². The second-order valence-electron chi connectivity index (χ2n) is 10.3. The molecule has 1 heterocycles. The Kier molecular flexibility index (Phi) is 5.17. The van der Waals surface area contributed by atoms with Gasteiger partial charge in [-0.25, -0.2) is 0 Å². The summed E-state index contributed by atoms with van der Waals surface area (Å²) in [4.78, 5) is 0. The van der Waals surface area contributed by atoms with E-state index in [1.54, 1.807) is 0 Å². The highest BCUT2D eigenvalue weighted by atomic mass is 16.3. The van der Waals surface area contributed by atoms with E-state index in [2.05, 4.69) is 127 Å². The summed E-state index contributed by atoms with van der Waals surface area (Å²) in [7, 11) is 0. The molecule has 1 aromatic heterocycles. The average Bonchev–Trinajstić information content (AvgIpc) is 3.40. The van der Waals surface area contributed by atoms with Crippen LogP contribution in [-0.2, 0) is 0 Å². The Morgan fingerprint density at radius 1 is 0.400 bits per heavy atom. The van der Waals surface area contributed by atoms with E-state index >= 15 is 0 Å². The number of fused-ring (bicyclic) bond motifs is 5. The van der Waals surface area contributed by atoms with Gasteiger partial charge < -0.3 is 9.73 Å². The highest BCUT2D eigenvalue weighted by Crippen LogP contribution is 2.36. The number of benzene rings is 7. The van der Waals surface area contributed by atoms with E-state index in [1.165, 1.54) is 43.8 Å². The molecular formula is C38H25NO. The van der Waals surface area contributed by atoms with Gasteiger partial charge in [0.15, 0.2) is 0 Å². The van der Waals surface area contributed by atoms with Crippen molar-refractivity contribution < 1.29 is 4.42 Å². The maximum absolute atomic E-state index is 6.05. The van der Waals surface area contributed by atoms with E-state index in [4.69, 9.17) is 4.42 Å². The number of para-hydroxylation sites is 1. The van der Waals surface area contributed by atoms with Crippen LogP contribution in [0.15, 0.2) is 150 Å². The molecule has 0 saturated carbocycles. The van der Waals surface area contributed by atoms with Gasteiger partial charge in [0.05, 0.1) is 11.1 Å². The molecule has 0 amide bonds. The molecule has 40 heavy (non-hydrogen) atoms. The van der Waals surface area contributed by atoms with E-state index in [1.807, 2.05) is 24.3 Å². The Morgan fingerprint density at radius 2 is 0.950 bits per heavy atom. The molecule has 0 aliphatic heterocycles. The van der Waals surface area contributed by atoms with Gasteiger partial charge in [-0.1, -0.05) is 97.1 Å². The molecule has 1 N–H and O–H groups in total. The Bertz CT molecular complexity index is 2190. The number of hydrogen-bond donors (Lipinski definition) is 1. The van der Waals surface area contributed by atoms with E-state index in [9.17, 15) is 0 Å². The number of nitrogens with one attached hydrogen (secondary N) is 1. The predicted octanol–water partition coefficient (Wildman–Crippen LogP) is 11.0. The molecule has 7 aromatic carbocycles. The van der Waals surface area contributed by atoms with E-state index in [0.717, 1.165) is 33.3 Å². The summed E-state index contributed by atoms with van der Waals surface area (Å²) < 4.78 is 6.05. The molecular weight excluding hydrogens is 486 g/mol. The molecule has 0 unspecified atom stereocenters. The minimum absolute atomic E-state index is 0.891. The van der Waals surface area contributed by atoms with Crippen LogP contribution in [0.25, 0.3) is 65.7 Å². The molecule has 2 heteroatoms. The zero-order chi connectivity index (χ0) is 26.5. The minimum Gasteiger partial charge on any atom is -0.456 e. The lowest BCUT2D eigenvalue weighted by molar-refractivity contribution is 0.669. The molecule has 0 aliphatic carbocycles. The summed E-state index contributed by atoms with van der Waals surface area (Å²) >= 11 is 0. The highest BCUT2D eigenvalue weighted by molar-refractivity contribution is 6.12. The third-order valence-corrected chi connectivity index (χ3v) is 7.82. The summed E-state index contributed by atoms with van der Waals surface area (Å²) in [6.45, 7) is 0. The molecule has 8 aromatic rings. The van der Waals surface area contributed by atoms with Gasteiger partial charge in [0, 0.05) is 11.1 Å². The summed E-state index contributed by atoms with van der Waals surface area (Å²) in [6, 6.07) is 51.7. The van der Waals surface area contributed by atoms with Crippen molar-refractivity contribution in [3.63, 3.8) is 0 Å². The molecule has 0 fully saturated rings. The second kappa shape index (κ2) is 9.14. The molecule has 0 aliphatic rings. The summed E-state index contributed by atoms with van der Waals surface area (Å²) in [5.41, 5.74) is 8.77. The van der Waals surface area contributed by atoms with Crippen molar-refractivity contribution in [3.05, 3.63) is 146 Å². The van der Waals surface area contributed by atoms with Crippen LogP contribution in [-0.4, -0.2) is 0 Å². The summed E-state index contributed by atoms with van der Waals surface area (Å²) in [5.74, 6) is 0. The first-order valence-corrected chi connectivity index (χ1v) is 13.6. The van der Waals surface area contributed by atoms with Crippen molar-refractivity contribution >= 4 is 54.9 Å². The van der Waals surface area contributed by atoms with Crippen LogP contribution in [0.5, 0.6) is 0 Å². The van der Waals surface area contributed by atoms with Crippen molar-refractivity contribution in [2.75, 3.05) is 5.32 Å². The van der Waals surface area contributed by atoms with Crippen molar-refractivity contribution in [3.8, 4) is 22.3 Å². The zero-order valence-corrected chi connectivity index (χ0v) is 21.8. The lowest BCUT2D eigenvalue weighted by atomic mass is 9.96. The first kappa shape index (κ1) is 22.6. The molecule has 0 bridgehead atoms. The van der Waals surface area contributed by atoms with Gasteiger partial charge in [-0.3, -0.25) is 0 Å². The van der Waals surface area contributed by atoms with Gasteiger partial charge in [-0.15, -0.1) is 0 Å². The lowest BCUT2D eigenvalue weighted by Gasteiger charge is -2.10. The average molecular weight is 512 g/mol. The van der Waals surface area contributed by atoms with Crippen molar-refractivity contribution in [2.45, 2.75) is 0 Å². The third-order valence-electron chi connectivity index (χ3n) is 7.82. The standard InChI is InChI=1S/C38H25NO/c1-2-7-27-22-29(13-12-25(27)6-1)32-17-16-30-23-28(14-15-31(30)24-32)26-18-20-33(21-19-26)39-35-9-5-11-37-38(35)34-8-3-4-10-36(34)40-37/h1-24,39H. The Balaban J connectivity index is 1.08. The summed E-state index contributed by atoms with van der Waals surface area (Å²) in [5, 5.41) is 10.9. The fourth-order valence-corrected chi connectivity index (χ4v) is 5.75. The van der Waals surface area contributed by atoms with Crippen LogP contribution in [0.2, 0.25) is 0 Å². The molecule has 0 saturated heterocycles. The molecule has 0 atom stereocenters. The van der Waals surface area contributed by atoms with Crippen LogP contribution in [0.3, 0.4) is 0 Å². The highest BCUT2D eigenvalue weighted by Gasteiger charge is 2.11. The SMILES string of the molecule is c1ccc2cc(-c3ccc4cc(-c5ccc(Nc6cccc7oc8ccccc8c67)cc5)ccc4c3)ccc2c1. The van der Waals surface area contributed by atoms with E-state index < -0.39 is 0 Å². The maximum Gasteiger partial charge on any atom is 0.137 e. The third kappa shape index (κ3) is 3.90. The van der Waals surface area contributed by atoms with Crippen LogP contribution in [0.4, 0.5) is 11.4 Å². The van der Waals surface area contributed by atoms with Gasteiger partial charge in [0.25, 0.3) is 0 Å². The van der Waals surface area contributed by atoms with Crippen molar-refractivity contribution in [2.24, 2.45) is 0 Å². The van der Waals surface area contributed by atoms with Crippen molar-refractivity contribution in [1.82, 2.24) is 0 Å². The van der Waals surface area contributed by atoms with E-state index in [-0.39, 0.29) is 0 Å². The Labute approximate surface area is 232 Å². The maximum atomic E-state index is 6.05. The Hall–Kier alpha value is -5.34. The van der Waals surface area contributed by atoms with Gasteiger partial charge in [-0.05, 0) is 92.3 Å². The van der Waals surface area contributed by atoms with Gasteiger partial charge in [0.2, 0.25) is 0 Å². The number of anilines is 2. The lowest BCUT2D eigenvalue weighted by Crippen LogP contribution is -1.91. The monoisotopic (exact) mass is 511 g/mol. The topological polar surface area (TPSA) is 25.2 Å². The molecule has 2 nitrogen and oxygen atoms in total. The van der Waals surface area contributed by atoms with Crippen LogP contribution in [0, 0.1) is 0 Å². The normalized spacial score (nSPS) is 11.5. The second-order valence-corrected chi connectivity index (χ2v) is 10.3. The van der Waals surface area contributed by atoms with Crippen molar-refractivity contribution in [1.29, 1.82) is 0 Å². The molecule has 8 rings (SSSR count). The fraction of sp³-hybridized carbons (Fsp3) is 0. The smallest absolute Gasteiger partial charge is 0.137 e. The summed E-state index contributed by atoms with van der Waals surface area (Å²) in [6.07, 6.45) is 0. The zero-order valence-electron chi connectivity index (χ0n) is 21.8. The Morgan fingerprint density at radius 3 is 1.70 bits per heavy atom. The molecule has 0 spiro atoms. The number of furan rings is 1. The predicted molar refractivity (Wildman–Crippen MR) is 169 cm³/mol. The minimum atomic E-state index is 0.891. The first-order valence-electron chi connectivity index (χ1n) is 13.6. The fourth-order valence-electron chi connectivity index (χ4n) is 5.75. The van der Waals surface area contributed by atoms with Crippen LogP contribution >= 0.6 is 0 Å². The largest absolute Gasteiger partial charge is 0.456 e. The van der Waals surface area contributed by atoms with Crippen LogP contribution in [0.1, 0.15) is 0 Å². The quantitative estimate of drug-likeness (QED) is 0.254. The van der Waals surface area contributed by atoms with Gasteiger partial charge >= 0.3 is 0 Å². The molecule has 0 radical (unpaired) electrons. The van der Waals surface area contributed by atoms with Gasteiger partial charge in [-0.2, -0.15) is 0 Å². The van der Waals surface area contributed by atoms with Gasteiger partial charge in [0.1, 0.15) is 11.2 Å². The van der Waals surface area contributed by atoms with Crippen LogP contribution < -0.4 is 5.32 Å². The number of hydrogen-bond acceptors (Lipinski definition) is 2. The molecule has 188 valence electrons. The number of rotatable bonds is 4. The first-order chi connectivity index (χ1) is 19.8.